The molecule has 0 spiro atoms. The normalized spacial score (nSPS) is 10.9. The van der Waals surface area contributed by atoms with Gasteiger partial charge >= 0.3 is 5.97 Å². The van der Waals surface area contributed by atoms with Gasteiger partial charge in [0.15, 0.2) is 6.61 Å². The number of hydrogen-bond donors (Lipinski definition) is 1. The van der Waals surface area contributed by atoms with Gasteiger partial charge in [0.2, 0.25) is 0 Å². The Morgan fingerprint density at radius 2 is 2.00 bits per heavy atom. The number of anilines is 1. The van der Waals surface area contributed by atoms with Gasteiger partial charge in [0.25, 0.3) is 11.6 Å². The molecule has 0 aromatic heterocycles. The number of esters is 1. The van der Waals surface area contributed by atoms with Gasteiger partial charge in [0.05, 0.1) is 11.3 Å². The highest BCUT2D eigenvalue weighted by molar-refractivity contribution is 6.31. The van der Waals surface area contributed by atoms with Crippen LogP contribution in [0.1, 0.15) is 27.2 Å². The van der Waals surface area contributed by atoms with Crippen molar-refractivity contribution < 1.29 is 19.2 Å². The third-order valence-corrected chi connectivity index (χ3v) is 2.70. The van der Waals surface area contributed by atoms with Gasteiger partial charge in [0, 0.05) is 11.1 Å². The van der Waals surface area contributed by atoms with Gasteiger partial charge < -0.3 is 10.1 Å². The van der Waals surface area contributed by atoms with Gasteiger partial charge in [0.1, 0.15) is 5.69 Å². The first-order valence-corrected chi connectivity index (χ1v) is 6.86. The summed E-state index contributed by atoms with van der Waals surface area (Å²) in [6.45, 7) is 5.08. The summed E-state index contributed by atoms with van der Waals surface area (Å²) in [6, 6.07) is 3.79. The molecule has 0 radical (unpaired) electrons. The highest BCUT2D eigenvalue weighted by Crippen LogP contribution is 2.27. The van der Waals surface area contributed by atoms with Gasteiger partial charge in [-0.3, -0.25) is 19.7 Å². The second-order valence-electron chi connectivity index (χ2n) is 5.86. The fourth-order valence-electron chi connectivity index (χ4n) is 1.58. The molecule has 22 heavy (non-hydrogen) atoms. The molecular formula is C14H17ClN2O5. The summed E-state index contributed by atoms with van der Waals surface area (Å²) in [6.07, 6.45) is 0.164. The van der Waals surface area contributed by atoms with Crippen LogP contribution in [0.4, 0.5) is 11.4 Å². The summed E-state index contributed by atoms with van der Waals surface area (Å²) < 4.78 is 4.83. The largest absolute Gasteiger partial charge is 0.456 e. The molecule has 1 aromatic rings. The Hall–Kier alpha value is -2.15. The molecule has 0 saturated heterocycles. The number of hydrogen-bond acceptors (Lipinski definition) is 5. The number of halogens is 1. The van der Waals surface area contributed by atoms with E-state index in [1.165, 1.54) is 18.2 Å². The van der Waals surface area contributed by atoms with E-state index in [4.69, 9.17) is 16.3 Å². The van der Waals surface area contributed by atoms with Crippen LogP contribution >= 0.6 is 11.6 Å². The van der Waals surface area contributed by atoms with E-state index in [0.717, 1.165) is 0 Å². The maximum atomic E-state index is 11.7. The molecule has 0 aliphatic rings. The number of carbonyl (C=O) groups is 2. The quantitative estimate of drug-likeness (QED) is 0.508. The first-order valence-electron chi connectivity index (χ1n) is 6.48. The SMILES string of the molecule is CC(C)(C)CC(=O)OCC(=O)Nc1cc(Cl)ccc1[N+](=O)[O-]. The molecule has 7 nitrogen and oxygen atoms in total. The topological polar surface area (TPSA) is 98.5 Å². The van der Waals surface area contributed by atoms with E-state index < -0.39 is 23.4 Å². The zero-order valence-electron chi connectivity index (χ0n) is 12.5. The summed E-state index contributed by atoms with van der Waals surface area (Å²) in [5.41, 5.74) is -0.590. The van der Waals surface area contributed by atoms with E-state index in [1.54, 1.807) is 0 Å². The number of nitrogens with one attached hydrogen (secondary N) is 1. The Morgan fingerprint density at radius 1 is 1.36 bits per heavy atom. The van der Waals surface area contributed by atoms with Gasteiger partial charge in [-0.2, -0.15) is 0 Å². The van der Waals surface area contributed by atoms with Crippen molar-refractivity contribution in [3.63, 3.8) is 0 Å². The first kappa shape index (κ1) is 17.9. The highest BCUT2D eigenvalue weighted by Gasteiger charge is 2.19. The fourth-order valence-corrected chi connectivity index (χ4v) is 1.76. The van der Waals surface area contributed by atoms with E-state index in [-0.39, 0.29) is 28.2 Å². The molecule has 120 valence electrons. The van der Waals surface area contributed by atoms with Gasteiger partial charge in [-0.15, -0.1) is 0 Å². The van der Waals surface area contributed by atoms with E-state index >= 15 is 0 Å². The second kappa shape index (κ2) is 7.22. The lowest BCUT2D eigenvalue weighted by molar-refractivity contribution is -0.383. The van der Waals surface area contributed by atoms with Gasteiger partial charge in [-0.05, 0) is 17.5 Å². The number of amides is 1. The molecule has 1 N–H and O–H groups in total. The lowest BCUT2D eigenvalue weighted by Gasteiger charge is -2.16. The van der Waals surface area contributed by atoms with Crippen LogP contribution in [0, 0.1) is 15.5 Å². The van der Waals surface area contributed by atoms with Gasteiger partial charge in [-0.25, -0.2) is 0 Å². The average molecular weight is 329 g/mol. The number of ether oxygens (including phenoxy) is 1. The van der Waals surface area contributed by atoms with Crippen molar-refractivity contribution >= 4 is 34.9 Å². The van der Waals surface area contributed by atoms with Crippen LogP contribution in [0.3, 0.4) is 0 Å². The summed E-state index contributed by atoms with van der Waals surface area (Å²) in [4.78, 5) is 33.4. The van der Waals surface area contributed by atoms with Crippen molar-refractivity contribution in [2.24, 2.45) is 5.41 Å². The van der Waals surface area contributed by atoms with Crippen molar-refractivity contribution in [3.8, 4) is 0 Å². The number of nitro groups is 1. The minimum atomic E-state index is -0.673. The minimum Gasteiger partial charge on any atom is -0.456 e. The van der Waals surface area contributed by atoms with Gasteiger partial charge in [-0.1, -0.05) is 32.4 Å². The van der Waals surface area contributed by atoms with Crippen molar-refractivity contribution in [1.82, 2.24) is 0 Å². The van der Waals surface area contributed by atoms with E-state index in [0.29, 0.717) is 0 Å². The molecule has 0 bridgehead atoms. The maximum absolute atomic E-state index is 11.7. The van der Waals surface area contributed by atoms with Crippen molar-refractivity contribution in [1.29, 1.82) is 0 Å². The van der Waals surface area contributed by atoms with Crippen molar-refractivity contribution in [3.05, 3.63) is 33.3 Å². The average Bonchev–Trinajstić information content (AvgIpc) is 2.34. The molecule has 0 heterocycles. The van der Waals surface area contributed by atoms with Crippen LogP contribution < -0.4 is 5.32 Å². The molecule has 0 atom stereocenters. The zero-order chi connectivity index (χ0) is 16.9. The Kier molecular flexibility index (Phi) is 5.87. The van der Waals surface area contributed by atoms with Crippen LogP contribution in [0.25, 0.3) is 0 Å². The second-order valence-corrected chi connectivity index (χ2v) is 6.30. The smallest absolute Gasteiger partial charge is 0.306 e. The molecule has 0 saturated carbocycles. The third-order valence-electron chi connectivity index (χ3n) is 2.47. The molecule has 8 heteroatoms. The predicted molar refractivity (Wildman–Crippen MR) is 81.8 cm³/mol. The number of rotatable bonds is 5. The fraction of sp³-hybridized carbons (Fsp3) is 0.429. The number of nitro benzene ring substituents is 1. The number of nitrogens with zero attached hydrogens (tertiary/aromatic N) is 1. The molecule has 0 fully saturated rings. The zero-order valence-corrected chi connectivity index (χ0v) is 13.3. The van der Waals surface area contributed by atoms with Crippen LogP contribution in [0.5, 0.6) is 0 Å². The molecular weight excluding hydrogens is 312 g/mol. The molecule has 0 aliphatic carbocycles. The Balaban J connectivity index is 2.64. The van der Waals surface area contributed by atoms with Crippen LogP contribution in [0.2, 0.25) is 5.02 Å². The monoisotopic (exact) mass is 328 g/mol. The highest BCUT2D eigenvalue weighted by atomic mass is 35.5. The molecule has 0 aliphatic heterocycles. The van der Waals surface area contributed by atoms with E-state index in [9.17, 15) is 19.7 Å². The Labute approximate surface area is 132 Å². The van der Waals surface area contributed by atoms with E-state index in [1.807, 2.05) is 20.8 Å². The summed E-state index contributed by atoms with van der Waals surface area (Å²) >= 11 is 5.75. The standard InChI is InChI=1S/C14H17ClN2O5/c1-14(2,3)7-13(19)22-8-12(18)16-10-6-9(15)4-5-11(10)17(20)21/h4-6H,7-8H2,1-3H3,(H,16,18). The molecule has 1 amide bonds. The van der Waals surface area contributed by atoms with E-state index in [2.05, 4.69) is 5.32 Å². The number of carbonyl (C=O) groups excluding carboxylic acids is 2. The minimum absolute atomic E-state index is 0.0469. The number of benzene rings is 1. The van der Waals surface area contributed by atoms with Crippen molar-refractivity contribution in [2.45, 2.75) is 27.2 Å². The summed E-state index contributed by atoms with van der Waals surface area (Å²) in [5.74, 6) is -1.18. The van der Waals surface area contributed by atoms with Crippen LogP contribution in [-0.4, -0.2) is 23.4 Å². The first-order chi connectivity index (χ1) is 10.1. The predicted octanol–water partition coefficient (Wildman–Crippen LogP) is 3.17. The maximum Gasteiger partial charge on any atom is 0.306 e. The summed E-state index contributed by atoms with van der Waals surface area (Å²) in [5, 5.41) is 13.4. The Bertz CT molecular complexity index is 595. The molecule has 0 unspecified atom stereocenters. The third kappa shape index (κ3) is 6.09. The summed E-state index contributed by atoms with van der Waals surface area (Å²) in [7, 11) is 0. The van der Waals surface area contributed by atoms with Crippen molar-refractivity contribution in [2.75, 3.05) is 11.9 Å². The molecule has 1 rings (SSSR count). The van der Waals surface area contributed by atoms with Crippen LogP contribution in [0.15, 0.2) is 18.2 Å². The Morgan fingerprint density at radius 3 is 2.55 bits per heavy atom. The lowest BCUT2D eigenvalue weighted by atomic mass is 9.92. The molecule has 1 aromatic carbocycles. The lowest BCUT2D eigenvalue weighted by Crippen LogP contribution is -2.23. The van der Waals surface area contributed by atoms with Crippen LogP contribution in [-0.2, 0) is 14.3 Å².